The maximum Gasteiger partial charge on any atom is 0.273 e. The lowest BCUT2D eigenvalue weighted by Crippen LogP contribution is -2.23. The summed E-state index contributed by atoms with van der Waals surface area (Å²) >= 11 is 0. The van der Waals surface area contributed by atoms with Crippen molar-refractivity contribution in [3.05, 3.63) is 47.9 Å². The Labute approximate surface area is 109 Å². The van der Waals surface area contributed by atoms with Crippen molar-refractivity contribution < 1.29 is 17.7 Å². The van der Waals surface area contributed by atoms with Crippen molar-refractivity contribution in [1.29, 1.82) is 0 Å². The van der Waals surface area contributed by atoms with Crippen LogP contribution in [-0.4, -0.2) is 19.5 Å². The molecular weight excluding hydrogens is 270 g/mol. The Balaban J connectivity index is 1.99. The molecule has 0 atom stereocenters. The molecule has 0 saturated heterocycles. The normalized spacial score (nSPS) is 11.2. The van der Waals surface area contributed by atoms with Gasteiger partial charge in [0.15, 0.2) is 5.69 Å². The second-order valence-electron chi connectivity index (χ2n) is 3.76. The van der Waals surface area contributed by atoms with Gasteiger partial charge in [-0.25, -0.2) is 13.6 Å². The Morgan fingerprint density at radius 1 is 1.26 bits per heavy atom. The van der Waals surface area contributed by atoms with Crippen LogP contribution >= 0.6 is 0 Å². The number of rotatable bonds is 4. The van der Waals surface area contributed by atoms with Crippen LogP contribution in [0.2, 0.25) is 0 Å². The molecule has 2 rings (SSSR count). The van der Waals surface area contributed by atoms with Crippen LogP contribution in [-0.2, 0) is 16.6 Å². The van der Waals surface area contributed by atoms with E-state index in [1.165, 1.54) is 24.5 Å². The lowest BCUT2D eigenvalue weighted by molar-refractivity contribution is 0.0942. The number of benzene rings is 1. The first-order chi connectivity index (χ1) is 8.97. The molecule has 7 nitrogen and oxygen atoms in total. The van der Waals surface area contributed by atoms with Gasteiger partial charge < -0.3 is 9.84 Å². The molecule has 2 aromatic rings. The van der Waals surface area contributed by atoms with E-state index in [-0.39, 0.29) is 23.0 Å². The average molecular weight is 281 g/mol. The number of hydrogen-bond acceptors (Lipinski definition) is 5. The number of hydrogen-bond donors (Lipinski definition) is 2. The predicted octanol–water partition coefficient (Wildman–Crippen LogP) is 0.252. The molecule has 1 aromatic carbocycles. The third kappa shape index (κ3) is 3.39. The van der Waals surface area contributed by atoms with E-state index in [4.69, 9.17) is 5.14 Å². The molecule has 19 heavy (non-hydrogen) atoms. The Hall–Kier alpha value is -2.19. The van der Waals surface area contributed by atoms with Crippen molar-refractivity contribution in [3.8, 4) is 0 Å². The molecule has 0 aliphatic heterocycles. The van der Waals surface area contributed by atoms with E-state index in [1.807, 2.05) is 0 Å². The van der Waals surface area contributed by atoms with E-state index >= 15 is 0 Å². The van der Waals surface area contributed by atoms with E-state index < -0.39 is 10.0 Å². The minimum Gasteiger partial charge on any atom is -0.364 e. The molecule has 8 heteroatoms. The molecule has 1 heterocycles. The van der Waals surface area contributed by atoms with Crippen LogP contribution in [0.5, 0.6) is 0 Å². The quantitative estimate of drug-likeness (QED) is 0.833. The SMILES string of the molecule is NS(=O)(=O)c1ccc(CNC(=O)c2ccon2)cc1. The second-order valence-corrected chi connectivity index (χ2v) is 5.32. The van der Waals surface area contributed by atoms with Gasteiger partial charge >= 0.3 is 0 Å². The largest absolute Gasteiger partial charge is 0.364 e. The van der Waals surface area contributed by atoms with Crippen molar-refractivity contribution in [3.63, 3.8) is 0 Å². The highest BCUT2D eigenvalue weighted by molar-refractivity contribution is 7.89. The lowest BCUT2D eigenvalue weighted by Gasteiger charge is -2.04. The summed E-state index contributed by atoms with van der Waals surface area (Å²) < 4.78 is 26.7. The summed E-state index contributed by atoms with van der Waals surface area (Å²) in [5.41, 5.74) is 0.922. The number of primary sulfonamides is 1. The number of carbonyl (C=O) groups is 1. The summed E-state index contributed by atoms with van der Waals surface area (Å²) in [4.78, 5) is 11.6. The Kier molecular flexibility index (Phi) is 3.63. The molecule has 3 N–H and O–H groups in total. The number of amides is 1. The molecular formula is C11H11N3O4S. The number of nitrogens with one attached hydrogen (secondary N) is 1. The average Bonchev–Trinajstić information content (AvgIpc) is 2.89. The van der Waals surface area contributed by atoms with E-state index in [0.29, 0.717) is 0 Å². The molecule has 0 aliphatic carbocycles. The van der Waals surface area contributed by atoms with Gasteiger partial charge in [-0.1, -0.05) is 17.3 Å². The maximum absolute atomic E-state index is 11.6. The lowest BCUT2D eigenvalue weighted by atomic mass is 10.2. The van der Waals surface area contributed by atoms with Crippen LogP contribution in [0.4, 0.5) is 0 Å². The number of nitrogens with two attached hydrogens (primary N) is 1. The van der Waals surface area contributed by atoms with Crippen molar-refractivity contribution in [2.24, 2.45) is 5.14 Å². The van der Waals surface area contributed by atoms with Crippen LogP contribution < -0.4 is 10.5 Å². The Morgan fingerprint density at radius 3 is 2.47 bits per heavy atom. The highest BCUT2D eigenvalue weighted by Gasteiger charge is 2.09. The van der Waals surface area contributed by atoms with Gasteiger partial charge in [0.05, 0.1) is 4.90 Å². The van der Waals surface area contributed by atoms with Crippen LogP contribution in [0.15, 0.2) is 46.0 Å². The Morgan fingerprint density at radius 2 is 1.95 bits per heavy atom. The first-order valence-corrected chi connectivity index (χ1v) is 6.82. The minimum atomic E-state index is -3.70. The van der Waals surface area contributed by atoms with Crippen LogP contribution in [0.1, 0.15) is 16.1 Å². The van der Waals surface area contributed by atoms with E-state index in [9.17, 15) is 13.2 Å². The van der Waals surface area contributed by atoms with Gasteiger partial charge in [0.2, 0.25) is 10.0 Å². The maximum atomic E-state index is 11.6. The molecule has 0 radical (unpaired) electrons. The van der Waals surface area contributed by atoms with Gasteiger partial charge in [-0.2, -0.15) is 0 Å². The highest BCUT2D eigenvalue weighted by atomic mass is 32.2. The van der Waals surface area contributed by atoms with E-state index in [2.05, 4.69) is 15.0 Å². The fraction of sp³-hybridized carbons (Fsp3) is 0.0909. The third-order valence-corrected chi connectivity index (χ3v) is 3.30. The van der Waals surface area contributed by atoms with Crippen LogP contribution in [0.25, 0.3) is 0 Å². The third-order valence-electron chi connectivity index (χ3n) is 2.38. The number of sulfonamides is 1. The molecule has 0 aliphatic rings. The molecule has 0 fully saturated rings. The first-order valence-electron chi connectivity index (χ1n) is 5.27. The first kappa shape index (κ1) is 13.2. The summed E-state index contributed by atoms with van der Waals surface area (Å²) in [6.07, 6.45) is 1.30. The smallest absolute Gasteiger partial charge is 0.273 e. The van der Waals surface area contributed by atoms with Crippen molar-refractivity contribution in [2.45, 2.75) is 11.4 Å². The van der Waals surface area contributed by atoms with Gasteiger partial charge in [0.1, 0.15) is 6.26 Å². The fourth-order valence-corrected chi connectivity index (χ4v) is 1.91. The summed E-state index contributed by atoms with van der Waals surface area (Å²) in [5, 5.41) is 11.1. The fourth-order valence-electron chi connectivity index (χ4n) is 1.40. The van der Waals surface area contributed by atoms with Gasteiger partial charge in [0.25, 0.3) is 5.91 Å². The van der Waals surface area contributed by atoms with Gasteiger partial charge in [-0.3, -0.25) is 4.79 Å². The zero-order chi connectivity index (χ0) is 13.9. The molecule has 0 unspecified atom stereocenters. The topological polar surface area (TPSA) is 115 Å². The molecule has 0 saturated carbocycles. The molecule has 1 amide bonds. The van der Waals surface area contributed by atoms with Gasteiger partial charge in [-0.05, 0) is 17.7 Å². The number of nitrogens with zero attached hydrogens (tertiary/aromatic N) is 1. The number of aromatic nitrogens is 1. The van der Waals surface area contributed by atoms with Crippen LogP contribution in [0.3, 0.4) is 0 Å². The van der Waals surface area contributed by atoms with Gasteiger partial charge in [0, 0.05) is 12.6 Å². The summed E-state index contributed by atoms with van der Waals surface area (Å²) in [6.45, 7) is 0.247. The zero-order valence-electron chi connectivity index (χ0n) is 9.74. The summed E-state index contributed by atoms with van der Waals surface area (Å²) in [5.74, 6) is -0.371. The van der Waals surface area contributed by atoms with Crippen molar-refractivity contribution in [2.75, 3.05) is 0 Å². The zero-order valence-corrected chi connectivity index (χ0v) is 10.6. The molecule has 1 aromatic heterocycles. The predicted molar refractivity (Wildman–Crippen MR) is 65.5 cm³/mol. The minimum absolute atomic E-state index is 0.0269. The number of carbonyl (C=O) groups excluding carboxylic acids is 1. The van der Waals surface area contributed by atoms with Gasteiger partial charge in [-0.15, -0.1) is 0 Å². The molecule has 0 bridgehead atoms. The molecule has 100 valence electrons. The monoisotopic (exact) mass is 281 g/mol. The Bertz CT molecular complexity index is 662. The standard InChI is InChI=1S/C11H11N3O4S/c12-19(16,17)9-3-1-8(2-4-9)7-13-11(15)10-5-6-18-14-10/h1-6H,7H2,(H,13,15)(H2,12,16,17). The van der Waals surface area contributed by atoms with Crippen molar-refractivity contribution in [1.82, 2.24) is 10.5 Å². The second kappa shape index (κ2) is 5.21. The van der Waals surface area contributed by atoms with E-state index in [1.54, 1.807) is 12.1 Å². The van der Waals surface area contributed by atoms with E-state index in [0.717, 1.165) is 5.56 Å². The van der Waals surface area contributed by atoms with Crippen LogP contribution in [0, 0.1) is 0 Å². The summed E-state index contributed by atoms with van der Waals surface area (Å²) in [6, 6.07) is 7.35. The van der Waals surface area contributed by atoms with Crippen molar-refractivity contribution >= 4 is 15.9 Å². The summed E-state index contributed by atoms with van der Waals surface area (Å²) in [7, 11) is -3.70. The highest BCUT2D eigenvalue weighted by Crippen LogP contribution is 2.08. The molecule has 0 spiro atoms.